The summed E-state index contributed by atoms with van der Waals surface area (Å²) < 4.78 is 0. The molecule has 2 rings (SSSR count). The molecular formula is C12H16N2O3. The van der Waals surface area contributed by atoms with Gasteiger partial charge in [0, 0.05) is 17.6 Å². The third kappa shape index (κ3) is 2.50. The van der Waals surface area contributed by atoms with E-state index in [0.29, 0.717) is 12.2 Å². The van der Waals surface area contributed by atoms with Crippen LogP contribution >= 0.6 is 0 Å². The Labute approximate surface area is 99.3 Å². The summed E-state index contributed by atoms with van der Waals surface area (Å²) in [4.78, 5) is 11.8. The van der Waals surface area contributed by atoms with Crippen LogP contribution in [0, 0.1) is 5.41 Å². The van der Waals surface area contributed by atoms with Gasteiger partial charge in [0.1, 0.15) is 5.75 Å². The van der Waals surface area contributed by atoms with E-state index >= 15 is 0 Å². The zero-order valence-corrected chi connectivity index (χ0v) is 9.44. The Balaban J connectivity index is 2.02. The van der Waals surface area contributed by atoms with E-state index < -0.39 is 0 Å². The van der Waals surface area contributed by atoms with Crippen LogP contribution in [0.15, 0.2) is 18.2 Å². The fraction of sp³-hybridized carbons (Fsp3) is 0.417. The number of amides is 1. The van der Waals surface area contributed by atoms with Gasteiger partial charge in [0.05, 0.1) is 12.2 Å². The van der Waals surface area contributed by atoms with E-state index in [9.17, 15) is 9.90 Å². The quantitative estimate of drug-likeness (QED) is 0.451. The Hall–Kier alpha value is -1.75. The first-order valence-corrected chi connectivity index (χ1v) is 5.54. The number of carbonyl (C=O) groups excluding carboxylic acids is 1. The number of nitrogens with two attached hydrogens (primary N) is 1. The third-order valence-corrected chi connectivity index (χ3v) is 3.20. The molecule has 0 aromatic heterocycles. The molecule has 17 heavy (non-hydrogen) atoms. The minimum Gasteiger partial charge on any atom is -0.508 e. The zero-order chi connectivity index (χ0) is 12.5. The smallest absolute Gasteiger partial charge is 0.253 e. The number of phenols is 1. The van der Waals surface area contributed by atoms with E-state index in [1.807, 2.05) is 0 Å². The van der Waals surface area contributed by atoms with Crippen molar-refractivity contribution in [3.63, 3.8) is 0 Å². The molecular weight excluding hydrogens is 220 g/mol. The largest absolute Gasteiger partial charge is 0.508 e. The Morgan fingerprint density at radius 3 is 2.76 bits per heavy atom. The van der Waals surface area contributed by atoms with Gasteiger partial charge >= 0.3 is 0 Å². The van der Waals surface area contributed by atoms with Crippen molar-refractivity contribution >= 4 is 11.6 Å². The molecule has 0 radical (unpaired) electrons. The zero-order valence-electron chi connectivity index (χ0n) is 9.44. The van der Waals surface area contributed by atoms with E-state index in [2.05, 4.69) is 5.32 Å². The van der Waals surface area contributed by atoms with Crippen LogP contribution in [0.2, 0.25) is 0 Å². The van der Waals surface area contributed by atoms with Crippen LogP contribution in [0.1, 0.15) is 23.2 Å². The van der Waals surface area contributed by atoms with E-state index in [0.717, 1.165) is 12.8 Å². The van der Waals surface area contributed by atoms with Crippen molar-refractivity contribution in [1.82, 2.24) is 5.32 Å². The van der Waals surface area contributed by atoms with Gasteiger partial charge in [-0.15, -0.1) is 0 Å². The van der Waals surface area contributed by atoms with Crippen molar-refractivity contribution in [2.75, 3.05) is 18.9 Å². The van der Waals surface area contributed by atoms with Crippen LogP contribution in [0.4, 0.5) is 5.69 Å². The van der Waals surface area contributed by atoms with Gasteiger partial charge < -0.3 is 21.3 Å². The predicted molar refractivity (Wildman–Crippen MR) is 63.6 cm³/mol. The topological polar surface area (TPSA) is 95.6 Å². The summed E-state index contributed by atoms with van der Waals surface area (Å²) in [5.41, 5.74) is 6.11. The summed E-state index contributed by atoms with van der Waals surface area (Å²) in [6.07, 6.45) is 1.86. The van der Waals surface area contributed by atoms with Crippen molar-refractivity contribution in [3.05, 3.63) is 23.8 Å². The number of rotatable bonds is 4. The Bertz CT molecular complexity index is 441. The highest BCUT2D eigenvalue weighted by molar-refractivity contribution is 5.99. The van der Waals surface area contributed by atoms with Gasteiger partial charge in [-0.2, -0.15) is 0 Å². The van der Waals surface area contributed by atoms with E-state index in [-0.39, 0.29) is 29.2 Å². The first-order valence-electron chi connectivity index (χ1n) is 5.54. The molecule has 0 atom stereocenters. The highest BCUT2D eigenvalue weighted by Gasteiger charge is 2.42. The van der Waals surface area contributed by atoms with Gasteiger partial charge in [0.15, 0.2) is 0 Å². The SMILES string of the molecule is Nc1ccc(O)cc1C(=O)NCC1(CO)CC1. The Morgan fingerprint density at radius 2 is 2.18 bits per heavy atom. The van der Waals surface area contributed by atoms with Gasteiger partial charge in [-0.3, -0.25) is 4.79 Å². The molecule has 1 aromatic carbocycles. The highest BCUT2D eigenvalue weighted by Crippen LogP contribution is 2.44. The monoisotopic (exact) mass is 236 g/mol. The number of nitrogens with one attached hydrogen (secondary N) is 1. The summed E-state index contributed by atoms with van der Waals surface area (Å²) in [7, 11) is 0. The lowest BCUT2D eigenvalue weighted by Gasteiger charge is -2.13. The summed E-state index contributed by atoms with van der Waals surface area (Å²) >= 11 is 0. The van der Waals surface area contributed by atoms with Crippen molar-refractivity contribution in [2.24, 2.45) is 5.41 Å². The molecule has 1 amide bonds. The number of anilines is 1. The van der Waals surface area contributed by atoms with E-state index in [4.69, 9.17) is 10.8 Å². The molecule has 1 aliphatic carbocycles. The number of carbonyl (C=O) groups is 1. The number of benzene rings is 1. The minimum atomic E-state index is -0.321. The fourth-order valence-electron chi connectivity index (χ4n) is 1.67. The number of aliphatic hydroxyl groups excluding tert-OH is 1. The maximum absolute atomic E-state index is 11.8. The maximum Gasteiger partial charge on any atom is 0.253 e. The van der Waals surface area contributed by atoms with E-state index in [1.54, 1.807) is 0 Å². The van der Waals surface area contributed by atoms with Crippen LogP contribution in [0.3, 0.4) is 0 Å². The second kappa shape index (κ2) is 4.25. The molecule has 5 N–H and O–H groups in total. The van der Waals surface area contributed by atoms with Gasteiger partial charge in [0.25, 0.3) is 5.91 Å². The summed E-state index contributed by atoms with van der Waals surface area (Å²) in [6.45, 7) is 0.528. The van der Waals surface area contributed by atoms with Crippen molar-refractivity contribution in [1.29, 1.82) is 0 Å². The number of phenolic OH excluding ortho intramolecular Hbond substituents is 1. The van der Waals surface area contributed by atoms with Crippen molar-refractivity contribution < 1.29 is 15.0 Å². The molecule has 1 fully saturated rings. The number of hydrogen-bond acceptors (Lipinski definition) is 4. The average Bonchev–Trinajstić information content (AvgIpc) is 3.10. The van der Waals surface area contributed by atoms with Crippen molar-refractivity contribution in [2.45, 2.75) is 12.8 Å². The molecule has 92 valence electrons. The van der Waals surface area contributed by atoms with E-state index in [1.165, 1.54) is 18.2 Å². The molecule has 1 saturated carbocycles. The summed E-state index contributed by atoms with van der Waals surface area (Å²) in [5.74, 6) is -0.314. The van der Waals surface area contributed by atoms with Gasteiger partial charge in [-0.25, -0.2) is 0 Å². The van der Waals surface area contributed by atoms with Crippen LogP contribution in [0.25, 0.3) is 0 Å². The van der Waals surface area contributed by atoms with Crippen LogP contribution in [-0.2, 0) is 0 Å². The number of aromatic hydroxyl groups is 1. The summed E-state index contributed by atoms with van der Waals surface area (Å²) in [5, 5.41) is 21.2. The average molecular weight is 236 g/mol. The number of hydrogen-bond donors (Lipinski definition) is 4. The fourth-order valence-corrected chi connectivity index (χ4v) is 1.67. The molecule has 0 aliphatic heterocycles. The lowest BCUT2D eigenvalue weighted by molar-refractivity contribution is 0.0935. The normalized spacial score (nSPS) is 16.5. The highest BCUT2D eigenvalue weighted by atomic mass is 16.3. The standard InChI is InChI=1S/C12H16N2O3/c13-10-2-1-8(16)5-9(10)11(17)14-6-12(7-15)3-4-12/h1-2,5,15-16H,3-4,6-7,13H2,(H,14,17). The Kier molecular flexibility index (Phi) is 2.93. The molecule has 5 nitrogen and oxygen atoms in total. The molecule has 0 spiro atoms. The number of aliphatic hydroxyl groups is 1. The molecule has 1 aliphatic rings. The third-order valence-electron chi connectivity index (χ3n) is 3.20. The number of nitrogen functional groups attached to an aromatic ring is 1. The van der Waals surface area contributed by atoms with Gasteiger partial charge in [-0.1, -0.05) is 0 Å². The van der Waals surface area contributed by atoms with Gasteiger partial charge in [-0.05, 0) is 31.0 Å². The molecule has 0 unspecified atom stereocenters. The molecule has 0 bridgehead atoms. The maximum atomic E-state index is 11.8. The van der Waals surface area contributed by atoms with Crippen LogP contribution < -0.4 is 11.1 Å². The second-order valence-corrected chi connectivity index (χ2v) is 4.61. The van der Waals surface area contributed by atoms with Gasteiger partial charge in [0.2, 0.25) is 0 Å². The molecule has 0 saturated heterocycles. The first kappa shape index (κ1) is 11.7. The van der Waals surface area contributed by atoms with Crippen LogP contribution in [-0.4, -0.2) is 29.3 Å². The lowest BCUT2D eigenvalue weighted by Crippen LogP contribution is -2.32. The molecule has 0 heterocycles. The lowest BCUT2D eigenvalue weighted by atomic mass is 10.1. The van der Waals surface area contributed by atoms with Crippen molar-refractivity contribution in [3.8, 4) is 5.75 Å². The second-order valence-electron chi connectivity index (χ2n) is 4.61. The van der Waals surface area contributed by atoms with Crippen LogP contribution in [0.5, 0.6) is 5.75 Å². The molecule has 5 heteroatoms. The Morgan fingerprint density at radius 1 is 1.47 bits per heavy atom. The predicted octanol–water partition coefficient (Wildman–Crippen LogP) is 0.477. The minimum absolute atomic E-state index is 0.00708. The summed E-state index contributed by atoms with van der Waals surface area (Å²) in [6, 6.07) is 4.26. The first-order chi connectivity index (χ1) is 8.06. The molecule has 1 aromatic rings.